The second-order valence-electron chi connectivity index (χ2n) is 11.0. The molecule has 43 heavy (non-hydrogen) atoms. The monoisotopic (exact) mass is 584 g/mol. The highest BCUT2D eigenvalue weighted by atomic mass is 16.5. The molecule has 224 valence electrons. The van der Waals surface area contributed by atoms with E-state index in [4.69, 9.17) is 29.4 Å². The third-order valence-electron chi connectivity index (χ3n) is 8.28. The minimum Gasteiger partial charge on any atom is -0.508 e. The van der Waals surface area contributed by atoms with Crippen LogP contribution in [0.3, 0.4) is 0 Å². The van der Waals surface area contributed by atoms with Gasteiger partial charge in [-0.3, -0.25) is 0 Å². The summed E-state index contributed by atoms with van der Waals surface area (Å²) in [7, 11) is 3.23. The Morgan fingerprint density at radius 3 is 2.49 bits per heavy atom. The highest BCUT2D eigenvalue weighted by Gasteiger charge is 2.44. The van der Waals surface area contributed by atoms with E-state index in [9.17, 15) is 10.2 Å². The average Bonchev–Trinajstić information content (AvgIpc) is 3.01. The molecule has 3 aromatic carbocycles. The lowest BCUT2D eigenvalue weighted by Crippen LogP contribution is -2.41. The maximum atomic E-state index is 11.9. The predicted octanol–water partition coefficient (Wildman–Crippen LogP) is 5.03. The van der Waals surface area contributed by atoms with Crippen LogP contribution in [-0.2, 0) is 17.6 Å². The van der Waals surface area contributed by atoms with Crippen LogP contribution in [0.15, 0.2) is 72.9 Å². The molecule has 0 aliphatic carbocycles. The largest absolute Gasteiger partial charge is 0.508 e. The van der Waals surface area contributed by atoms with Crippen molar-refractivity contribution in [3.05, 3.63) is 101 Å². The smallest absolute Gasteiger partial charge is 0.128 e. The van der Waals surface area contributed by atoms with Gasteiger partial charge in [0.2, 0.25) is 0 Å². The Bertz CT molecular complexity index is 1590. The van der Waals surface area contributed by atoms with E-state index in [1.54, 1.807) is 32.5 Å². The molecule has 0 saturated heterocycles. The third-order valence-corrected chi connectivity index (χ3v) is 8.28. The summed E-state index contributed by atoms with van der Waals surface area (Å²) in [5.74, 6) is 2.82. The van der Waals surface area contributed by atoms with Gasteiger partial charge in [-0.25, -0.2) is 4.98 Å². The molecule has 0 fully saturated rings. The van der Waals surface area contributed by atoms with E-state index in [-0.39, 0.29) is 30.3 Å². The second kappa shape index (κ2) is 12.4. The summed E-state index contributed by atoms with van der Waals surface area (Å²) in [5.41, 5.74) is 10.2. The summed E-state index contributed by atoms with van der Waals surface area (Å²) in [6, 6.07) is 20.3. The van der Waals surface area contributed by atoms with Crippen molar-refractivity contribution in [2.45, 2.75) is 25.0 Å². The summed E-state index contributed by atoms with van der Waals surface area (Å²) in [5, 5.41) is 21.9. The van der Waals surface area contributed by atoms with Gasteiger partial charge in [0.1, 0.15) is 34.6 Å². The number of nitrogens with two attached hydrogens (primary N) is 1. The Balaban J connectivity index is 1.30. The number of aromatic nitrogens is 1. The van der Waals surface area contributed by atoms with Gasteiger partial charge in [-0.2, -0.15) is 0 Å². The molecule has 0 amide bonds. The van der Waals surface area contributed by atoms with E-state index in [1.807, 2.05) is 54.6 Å². The lowest BCUT2D eigenvalue weighted by atomic mass is 9.77. The first-order valence-corrected chi connectivity index (χ1v) is 14.4. The van der Waals surface area contributed by atoms with E-state index in [0.29, 0.717) is 54.7 Å². The SMILES string of the molecule is COc1cc(Cc2cccc(O)c2)c2c(c1)[C@@H](O)[C@@H]([C@@H]1COc3ccc(OC)cc3[C@@H]1OCCc1ccnc(N)c1)CO2. The molecule has 0 spiro atoms. The van der Waals surface area contributed by atoms with Crippen molar-refractivity contribution in [3.63, 3.8) is 0 Å². The summed E-state index contributed by atoms with van der Waals surface area (Å²) in [4.78, 5) is 4.08. The van der Waals surface area contributed by atoms with Gasteiger partial charge in [0.25, 0.3) is 0 Å². The van der Waals surface area contributed by atoms with Gasteiger partial charge in [-0.15, -0.1) is 0 Å². The zero-order valence-electron chi connectivity index (χ0n) is 24.2. The molecule has 4 atom stereocenters. The molecule has 2 aliphatic heterocycles. The molecule has 4 N–H and O–H groups in total. The van der Waals surface area contributed by atoms with Crippen LogP contribution in [-0.4, -0.2) is 49.2 Å². The van der Waals surface area contributed by atoms with Crippen molar-refractivity contribution in [3.8, 4) is 28.7 Å². The number of aromatic hydroxyl groups is 1. The van der Waals surface area contributed by atoms with Crippen molar-refractivity contribution in [2.24, 2.45) is 11.8 Å². The molecule has 1 aromatic heterocycles. The summed E-state index contributed by atoms with van der Waals surface area (Å²) < 4.78 is 30.4. The predicted molar refractivity (Wildman–Crippen MR) is 161 cm³/mol. The van der Waals surface area contributed by atoms with Gasteiger partial charge in [-0.1, -0.05) is 12.1 Å². The number of anilines is 1. The van der Waals surface area contributed by atoms with Crippen LogP contribution in [0.2, 0.25) is 0 Å². The Hall–Kier alpha value is -4.47. The molecular weight excluding hydrogens is 548 g/mol. The molecular formula is C34H36N2O7. The molecule has 9 nitrogen and oxygen atoms in total. The normalized spacial score (nSPS) is 20.7. The number of aliphatic hydroxyl groups is 1. The van der Waals surface area contributed by atoms with Gasteiger partial charge in [0.15, 0.2) is 0 Å². The van der Waals surface area contributed by atoms with E-state index in [1.165, 1.54) is 0 Å². The van der Waals surface area contributed by atoms with Crippen LogP contribution in [0, 0.1) is 11.8 Å². The fourth-order valence-electron chi connectivity index (χ4n) is 6.10. The number of rotatable bonds is 9. The Morgan fingerprint density at radius 1 is 0.884 bits per heavy atom. The molecule has 2 aliphatic rings. The van der Waals surface area contributed by atoms with E-state index >= 15 is 0 Å². The van der Waals surface area contributed by atoms with Crippen molar-refractivity contribution in [1.29, 1.82) is 0 Å². The quantitative estimate of drug-likeness (QED) is 0.248. The lowest BCUT2D eigenvalue weighted by molar-refractivity contribution is -0.0834. The van der Waals surface area contributed by atoms with Crippen LogP contribution in [0.25, 0.3) is 0 Å². The molecule has 0 unspecified atom stereocenters. The fraction of sp³-hybridized carbons (Fsp3) is 0.324. The zero-order chi connectivity index (χ0) is 29.9. The van der Waals surface area contributed by atoms with Gasteiger partial charge in [-0.05, 0) is 72.1 Å². The van der Waals surface area contributed by atoms with Crippen LogP contribution in [0.1, 0.15) is 40.0 Å². The number of methoxy groups -OCH3 is 2. The average molecular weight is 585 g/mol. The minimum absolute atomic E-state index is 0.197. The minimum atomic E-state index is -0.853. The number of benzene rings is 3. The Kier molecular flexibility index (Phi) is 8.26. The van der Waals surface area contributed by atoms with Crippen molar-refractivity contribution >= 4 is 5.82 Å². The molecule has 4 aromatic rings. The topological polar surface area (TPSA) is 126 Å². The van der Waals surface area contributed by atoms with Gasteiger partial charge in [0.05, 0.1) is 46.2 Å². The number of hydrogen-bond donors (Lipinski definition) is 3. The number of hydrogen-bond acceptors (Lipinski definition) is 9. The number of ether oxygens (including phenoxy) is 5. The summed E-state index contributed by atoms with van der Waals surface area (Å²) >= 11 is 0. The van der Waals surface area contributed by atoms with Gasteiger partial charge < -0.3 is 39.6 Å². The van der Waals surface area contributed by atoms with Crippen LogP contribution in [0.5, 0.6) is 28.7 Å². The standard InChI is InChI=1S/C34H36N2O7/c1-39-24-6-7-30-26(16-24)34(41-11-9-20-8-10-36-31(35)14-20)29(19-42-30)28-18-43-33-22(12-21-4-3-5-23(37)13-21)15-25(40-2)17-27(33)32(28)38/h3-8,10,13-17,28-29,32,34,37-38H,9,11-12,18-19H2,1-2H3,(H2,35,36)/t28-,29+,32-,34+/m1/s1. The number of phenols is 1. The van der Waals surface area contributed by atoms with E-state index in [0.717, 1.165) is 28.0 Å². The second-order valence-corrected chi connectivity index (χ2v) is 11.0. The number of pyridine rings is 1. The number of aliphatic hydroxyl groups excluding tert-OH is 1. The van der Waals surface area contributed by atoms with Gasteiger partial charge >= 0.3 is 0 Å². The molecule has 3 heterocycles. The van der Waals surface area contributed by atoms with Crippen LogP contribution < -0.4 is 24.7 Å². The maximum absolute atomic E-state index is 11.9. The molecule has 0 radical (unpaired) electrons. The first-order valence-electron chi connectivity index (χ1n) is 14.4. The highest BCUT2D eigenvalue weighted by molar-refractivity contribution is 5.52. The van der Waals surface area contributed by atoms with Crippen molar-refractivity contribution in [2.75, 3.05) is 39.8 Å². The van der Waals surface area contributed by atoms with Crippen molar-refractivity contribution < 1.29 is 33.9 Å². The van der Waals surface area contributed by atoms with Crippen molar-refractivity contribution in [1.82, 2.24) is 4.98 Å². The lowest BCUT2D eigenvalue weighted by Gasteiger charge is -2.42. The van der Waals surface area contributed by atoms with E-state index < -0.39 is 6.10 Å². The van der Waals surface area contributed by atoms with Crippen LogP contribution in [0.4, 0.5) is 5.82 Å². The summed E-state index contributed by atoms with van der Waals surface area (Å²) in [6.45, 7) is 1.07. The maximum Gasteiger partial charge on any atom is 0.128 e. The fourth-order valence-corrected chi connectivity index (χ4v) is 6.10. The molecule has 6 rings (SSSR count). The number of phenolic OH excluding ortho intramolecular Hbond substituents is 1. The van der Waals surface area contributed by atoms with Crippen LogP contribution >= 0.6 is 0 Å². The number of nitrogen functional groups attached to an aromatic ring is 1. The Morgan fingerprint density at radius 2 is 1.70 bits per heavy atom. The first-order chi connectivity index (χ1) is 20.9. The zero-order valence-corrected chi connectivity index (χ0v) is 24.2. The van der Waals surface area contributed by atoms with Gasteiger partial charge in [0, 0.05) is 41.1 Å². The molecule has 9 heteroatoms. The Labute approximate surface area is 250 Å². The highest BCUT2D eigenvalue weighted by Crippen LogP contribution is 2.49. The number of nitrogens with zero attached hydrogens (tertiary/aromatic N) is 1. The molecule has 0 saturated carbocycles. The number of fused-ring (bicyclic) bond motifs is 2. The first kappa shape index (κ1) is 28.6. The molecule has 0 bridgehead atoms. The third kappa shape index (κ3) is 6.04. The van der Waals surface area contributed by atoms with E-state index in [2.05, 4.69) is 4.98 Å². The summed E-state index contributed by atoms with van der Waals surface area (Å²) in [6.07, 6.45) is 1.63.